The molecule has 0 amide bonds. The Balaban J connectivity index is 2.13. The van der Waals surface area contributed by atoms with E-state index in [2.05, 4.69) is 25.8 Å². The van der Waals surface area contributed by atoms with Crippen molar-refractivity contribution in [1.29, 1.82) is 0 Å². The highest BCUT2D eigenvalue weighted by atomic mass is 79.9. The van der Waals surface area contributed by atoms with Gasteiger partial charge in [0, 0.05) is 42.4 Å². The number of fused-ring (bicyclic) bond motifs is 1. The summed E-state index contributed by atoms with van der Waals surface area (Å²) in [5.41, 5.74) is -0.0285. The van der Waals surface area contributed by atoms with E-state index < -0.39 is 0 Å². The van der Waals surface area contributed by atoms with E-state index in [1.807, 2.05) is 6.07 Å². The first-order chi connectivity index (χ1) is 9.16. The highest BCUT2D eigenvalue weighted by molar-refractivity contribution is 9.10. The molecule has 0 unspecified atom stereocenters. The maximum Gasteiger partial charge on any atom is 0.259 e. The van der Waals surface area contributed by atoms with Gasteiger partial charge in [-0.25, -0.2) is 4.98 Å². The molecule has 0 spiro atoms. The maximum atomic E-state index is 12.0. The van der Waals surface area contributed by atoms with E-state index in [0.717, 1.165) is 42.0 Å². The fraction of sp³-hybridized carbons (Fsp3) is 0.385. The molecule has 3 heterocycles. The molecule has 0 bridgehead atoms. The third kappa shape index (κ3) is 2.26. The van der Waals surface area contributed by atoms with Crippen molar-refractivity contribution in [2.24, 2.45) is 7.05 Å². The van der Waals surface area contributed by atoms with Crippen LogP contribution in [0.5, 0.6) is 0 Å². The zero-order valence-electron chi connectivity index (χ0n) is 10.6. The molecule has 5 nitrogen and oxygen atoms in total. The summed E-state index contributed by atoms with van der Waals surface area (Å²) in [6.45, 7) is 3.11. The Morgan fingerprint density at radius 1 is 1.32 bits per heavy atom. The van der Waals surface area contributed by atoms with Crippen molar-refractivity contribution >= 4 is 32.5 Å². The van der Waals surface area contributed by atoms with Gasteiger partial charge in [0.1, 0.15) is 5.82 Å². The molecule has 0 N–H and O–H groups in total. The Bertz CT molecular complexity index is 677. The number of pyridine rings is 2. The lowest BCUT2D eigenvalue weighted by Crippen LogP contribution is -2.36. The van der Waals surface area contributed by atoms with Gasteiger partial charge in [0.15, 0.2) is 0 Å². The summed E-state index contributed by atoms with van der Waals surface area (Å²) in [4.78, 5) is 18.6. The molecule has 0 atom stereocenters. The van der Waals surface area contributed by atoms with Gasteiger partial charge in [0.25, 0.3) is 5.56 Å². The van der Waals surface area contributed by atoms with E-state index in [4.69, 9.17) is 4.74 Å². The summed E-state index contributed by atoms with van der Waals surface area (Å²) in [6, 6.07) is 1.96. The zero-order chi connectivity index (χ0) is 13.4. The molecule has 3 rings (SSSR count). The van der Waals surface area contributed by atoms with Gasteiger partial charge in [-0.05, 0) is 22.0 Å². The van der Waals surface area contributed by atoms with Crippen LogP contribution in [0.15, 0.2) is 27.7 Å². The van der Waals surface area contributed by atoms with Crippen molar-refractivity contribution in [2.45, 2.75) is 0 Å². The van der Waals surface area contributed by atoms with E-state index in [9.17, 15) is 4.79 Å². The lowest BCUT2D eigenvalue weighted by molar-refractivity contribution is 0.122. The van der Waals surface area contributed by atoms with Gasteiger partial charge in [0.2, 0.25) is 0 Å². The van der Waals surface area contributed by atoms with E-state index >= 15 is 0 Å². The number of nitrogens with zero attached hydrogens (tertiary/aromatic N) is 3. The van der Waals surface area contributed by atoms with E-state index in [1.54, 1.807) is 24.0 Å². The lowest BCUT2D eigenvalue weighted by Gasteiger charge is -2.27. The second-order valence-corrected chi connectivity index (χ2v) is 5.43. The Morgan fingerprint density at radius 2 is 2.05 bits per heavy atom. The topological polar surface area (TPSA) is 47.4 Å². The van der Waals surface area contributed by atoms with Gasteiger partial charge in [0.05, 0.1) is 18.6 Å². The molecule has 1 aliphatic heterocycles. The van der Waals surface area contributed by atoms with Crippen molar-refractivity contribution in [1.82, 2.24) is 9.55 Å². The lowest BCUT2D eigenvalue weighted by atomic mass is 10.2. The van der Waals surface area contributed by atoms with Crippen LogP contribution >= 0.6 is 15.9 Å². The molecule has 0 saturated carbocycles. The number of hydrogen-bond donors (Lipinski definition) is 0. The van der Waals surface area contributed by atoms with Crippen LogP contribution in [0.2, 0.25) is 0 Å². The average molecular weight is 324 g/mol. The van der Waals surface area contributed by atoms with Crippen molar-refractivity contribution in [2.75, 3.05) is 31.2 Å². The van der Waals surface area contributed by atoms with Gasteiger partial charge in [-0.15, -0.1) is 0 Å². The van der Waals surface area contributed by atoms with Crippen molar-refractivity contribution in [3.63, 3.8) is 0 Å². The molecule has 6 heteroatoms. The van der Waals surface area contributed by atoms with Crippen molar-refractivity contribution in [3.8, 4) is 0 Å². The maximum absolute atomic E-state index is 12.0. The molecule has 19 heavy (non-hydrogen) atoms. The number of anilines is 1. The predicted octanol–water partition coefficient (Wildman–Crippen LogP) is 1.53. The van der Waals surface area contributed by atoms with Crippen LogP contribution < -0.4 is 10.5 Å². The number of aryl methyl sites for hydroxylation is 1. The molecule has 100 valence electrons. The summed E-state index contributed by atoms with van der Waals surface area (Å²) in [5.74, 6) is 0.893. The molecular formula is C13H14BrN3O2. The van der Waals surface area contributed by atoms with Crippen LogP contribution in [0.3, 0.4) is 0 Å². The predicted molar refractivity (Wildman–Crippen MR) is 77.7 cm³/mol. The third-order valence-corrected chi connectivity index (χ3v) is 3.97. The summed E-state index contributed by atoms with van der Waals surface area (Å²) >= 11 is 3.51. The third-order valence-electron chi connectivity index (χ3n) is 3.34. The first-order valence-electron chi connectivity index (χ1n) is 6.14. The van der Waals surface area contributed by atoms with E-state index in [0.29, 0.717) is 5.39 Å². The number of rotatable bonds is 1. The van der Waals surface area contributed by atoms with E-state index in [-0.39, 0.29) is 5.56 Å². The monoisotopic (exact) mass is 323 g/mol. The number of ether oxygens (including phenoxy) is 1. The first kappa shape index (κ1) is 12.6. The molecule has 2 aromatic rings. The number of aromatic nitrogens is 2. The van der Waals surface area contributed by atoms with Crippen LogP contribution in [-0.4, -0.2) is 35.9 Å². The fourth-order valence-corrected chi connectivity index (χ4v) is 2.90. The van der Waals surface area contributed by atoms with Gasteiger partial charge in [-0.1, -0.05) is 0 Å². The molecule has 1 saturated heterocycles. The molecular weight excluding hydrogens is 310 g/mol. The van der Waals surface area contributed by atoms with Crippen molar-refractivity contribution in [3.05, 3.63) is 33.3 Å². The largest absolute Gasteiger partial charge is 0.378 e. The second kappa shape index (κ2) is 4.94. The summed E-state index contributed by atoms with van der Waals surface area (Å²) in [6.07, 6.45) is 3.45. The number of morpholine rings is 1. The molecule has 1 aliphatic rings. The van der Waals surface area contributed by atoms with E-state index in [1.165, 1.54) is 0 Å². The summed E-state index contributed by atoms with van der Waals surface area (Å²) in [5, 5.41) is 1.54. The van der Waals surface area contributed by atoms with Gasteiger partial charge < -0.3 is 14.2 Å². The molecule has 1 fully saturated rings. The quantitative estimate of drug-likeness (QED) is 0.798. The van der Waals surface area contributed by atoms with Crippen LogP contribution in [0, 0.1) is 0 Å². The molecule has 0 radical (unpaired) electrons. The zero-order valence-corrected chi connectivity index (χ0v) is 12.2. The van der Waals surface area contributed by atoms with Gasteiger partial charge in [-0.3, -0.25) is 4.79 Å². The smallest absolute Gasteiger partial charge is 0.259 e. The number of hydrogen-bond acceptors (Lipinski definition) is 4. The number of halogens is 1. The molecule has 2 aromatic heterocycles. The Kier molecular flexibility index (Phi) is 3.28. The first-order valence-corrected chi connectivity index (χ1v) is 6.94. The summed E-state index contributed by atoms with van der Waals surface area (Å²) < 4.78 is 7.80. The van der Waals surface area contributed by atoms with Gasteiger partial charge in [-0.2, -0.15) is 0 Å². The highest BCUT2D eigenvalue weighted by Gasteiger charge is 2.14. The normalized spacial score (nSPS) is 16.0. The summed E-state index contributed by atoms with van der Waals surface area (Å²) in [7, 11) is 1.74. The van der Waals surface area contributed by atoms with Crippen LogP contribution in [-0.2, 0) is 11.8 Å². The average Bonchev–Trinajstić information content (AvgIpc) is 2.45. The second-order valence-electron chi connectivity index (χ2n) is 4.58. The molecule has 0 aromatic carbocycles. The Labute approximate surface area is 118 Å². The van der Waals surface area contributed by atoms with Crippen LogP contribution in [0.1, 0.15) is 0 Å². The minimum atomic E-state index is -0.0285. The van der Waals surface area contributed by atoms with Gasteiger partial charge >= 0.3 is 0 Å². The van der Waals surface area contributed by atoms with Crippen LogP contribution in [0.25, 0.3) is 10.8 Å². The minimum Gasteiger partial charge on any atom is -0.378 e. The minimum absolute atomic E-state index is 0.0285. The SMILES string of the molecule is Cn1cc(Br)c2cc(N3CCOCC3)ncc2c1=O. The Morgan fingerprint density at radius 3 is 2.79 bits per heavy atom. The fourth-order valence-electron chi connectivity index (χ4n) is 2.27. The van der Waals surface area contributed by atoms with Crippen molar-refractivity contribution < 1.29 is 4.74 Å². The highest BCUT2D eigenvalue weighted by Crippen LogP contribution is 2.24. The standard InChI is InChI=1S/C13H14BrN3O2/c1-16-8-11(14)9-6-12(15-7-10(9)13(16)18)17-2-4-19-5-3-17/h6-8H,2-5H2,1H3. The van der Waals surface area contributed by atoms with Crippen LogP contribution in [0.4, 0.5) is 5.82 Å². The Hall–Kier alpha value is -1.40. The molecule has 0 aliphatic carbocycles.